The molecule has 0 bridgehead atoms. The Kier molecular flexibility index (Phi) is 5.69. The number of aliphatic imine (C=N–C) groups is 1. The molecule has 0 spiro atoms. The lowest BCUT2D eigenvalue weighted by molar-refractivity contribution is 0.0936. The van der Waals surface area contributed by atoms with Gasteiger partial charge in [-0.1, -0.05) is 12.1 Å². The molecule has 0 aliphatic carbocycles. The van der Waals surface area contributed by atoms with Gasteiger partial charge in [-0.3, -0.25) is 4.99 Å². The minimum atomic E-state index is -0.568. The van der Waals surface area contributed by atoms with Crippen molar-refractivity contribution in [1.29, 1.82) is 0 Å². The molecule has 2 atom stereocenters. The van der Waals surface area contributed by atoms with E-state index in [4.69, 9.17) is 9.47 Å². The Morgan fingerprint density at radius 1 is 1.21 bits per heavy atom. The van der Waals surface area contributed by atoms with Gasteiger partial charge in [-0.25, -0.2) is 8.78 Å². The number of fused-ring (bicyclic) bond motifs is 1. The molecule has 154 valence electrons. The zero-order chi connectivity index (χ0) is 20.2. The van der Waals surface area contributed by atoms with Gasteiger partial charge in [0.15, 0.2) is 17.5 Å². The zero-order valence-electron chi connectivity index (χ0n) is 16.2. The van der Waals surface area contributed by atoms with Crippen LogP contribution in [0.15, 0.2) is 47.5 Å². The Morgan fingerprint density at radius 2 is 2.03 bits per heavy atom. The first-order valence-corrected chi connectivity index (χ1v) is 9.68. The first-order chi connectivity index (χ1) is 14.1. The highest BCUT2D eigenvalue weighted by Crippen LogP contribution is 2.30. The largest absolute Gasteiger partial charge is 0.486 e. The number of benzene rings is 2. The number of nitrogens with zero attached hydrogens (tertiary/aromatic N) is 2. The average molecular weight is 402 g/mol. The lowest BCUT2D eigenvalue weighted by Crippen LogP contribution is -2.48. The minimum absolute atomic E-state index is 0.106. The summed E-state index contributed by atoms with van der Waals surface area (Å²) in [7, 11) is 1.70. The van der Waals surface area contributed by atoms with E-state index < -0.39 is 11.6 Å². The number of ether oxygens (including phenoxy) is 2. The molecule has 2 aliphatic rings. The third-order valence-electron chi connectivity index (χ3n) is 5.07. The minimum Gasteiger partial charge on any atom is -0.486 e. The number of hydrogen-bond acceptors (Lipinski definition) is 4. The highest BCUT2D eigenvalue weighted by atomic mass is 19.1. The van der Waals surface area contributed by atoms with Crippen LogP contribution in [0.5, 0.6) is 11.5 Å². The molecule has 0 saturated carbocycles. The molecule has 29 heavy (non-hydrogen) atoms. The number of hydrogen-bond donors (Lipinski definition) is 2. The van der Waals surface area contributed by atoms with Gasteiger partial charge in [-0.2, -0.15) is 0 Å². The number of para-hydroxylation sites is 2. The fourth-order valence-electron chi connectivity index (χ4n) is 3.60. The zero-order valence-corrected chi connectivity index (χ0v) is 16.2. The van der Waals surface area contributed by atoms with Crippen molar-refractivity contribution in [3.05, 3.63) is 54.1 Å². The van der Waals surface area contributed by atoms with Gasteiger partial charge in [0.1, 0.15) is 24.3 Å². The average Bonchev–Trinajstić information content (AvgIpc) is 3.19. The summed E-state index contributed by atoms with van der Waals surface area (Å²) < 4.78 is 38.8. The molecular weight excluding hydrogens is 378 g/mol. The van der Waals surface area contributed by atoms with Gasteiger partial charge in [-0.15, -0.1) is 0 Å². The standard InChI is InChI=1S/C21H24F2N4O2/c1-24-21(25-11-16-13-28-19-4-2-3-5-20(19)29-16)26-15-8-9-27(12-15)18-7-6-14(22)10-17(18)23/h2-7,10,15-16H,8-9,11-13H2,1H3,(H2,24,25,26). The van der Waals surface area contributed by atoms with E-state index in [-0.39, 0.29) is 12.1 Å². The van der Waals surface area contributed by atoms with E-state index in [0.717, 1.165) is 24.0 Å². The van der Waals surface area contributed by atoms with Crippen LogP contribution in [0.3, 0.4) is 0 Å². The Morgan fingerprint density at radius 3 is 2.83 bits per heavy atom. The highest BCUT2D eigenvalue weighted by molar-refractivity contribution is 5.80. The van der Waals surface area contributed by atoms with Gasteiger partial charge in [0.25, 0.3) is 0 Å². The van der Waals surface area contributed by atoms with Crippen molar-refractivity contribution in [3.63, 3.8) is 0 Å². The summed E-state index contributed by atoms with van der Waals surface area (Å²) in [6.45, 7) is 2.30. The van der Waals surface area contributed by atoms with Crippen LogP contribution >= 0.6 is 0 Å². The molecule has 2 aliphatic heterocycles. The van der Waals surface area contributed by atoms with Crippen LogP contribution in [0, 0.1) is 11.6 Å². The summed E-state index contributed by atoms with van der Waals surface area (Å²) in [5.74, 6) is 1.04. The summed E-state index contributed by atoms with van der Waals surface area (Å²) in [6, 6.07) is 11.4. The summed E-state index contributed by atoms with van der Waals surface area (Å²) in [4.78, 5) is 6.17. The first kappa shape index (κ1) is 19.3. The molecule has 2 unspecified atom stereocenters. The molecule has 1 fully saturated rings. The lowest BCUT2D eigenvalue weighted by atomic mass is 10.2. The maximum Gasteiger partial charge on any atom is 0.191 e. The van der Waals surface area contributed by atoms with E-state index in [2.05, 4.69) is 15.6 Å². The smallest absolute Gasteiger partial charge is 0.191 e. The Labute approximate surface area is 168 Å². The molecule has 0 amide bonds. The van der Waals surface area contributed by atoms with E-state index in [1.807, 2.05) is 29.2 Å². The number of nitrogens with one attached hydrogen (secondary N) is 2. The van der Waals surface area contributed by atoms with E-state index in [1.165, 1.54) is 12.1 Å². The van der Waals surface area contributed by atoms with Crippen molar-refractivity contribution in [1.82, 2.24) is 10.6 Å². The molecule has 0 aromatic heterocycles. The Bertz CT molecular complexity index is 893. The monoisotopic (exact) mass is 402 g/mol. The third-order valence-corrected chi connectivity index (χ3v) is 5.07. The van der Waals surface area contributed by atoms with Crippen molar-refractivity contribution < 1.29 is 18.3 Å². The number of guanidine groups is 1. The van der Waals surface area contributed by atoms with Crippen molar-refractivity contribution in [2.24, 2.45) is 4.99 Å². The Hall–Kier alpha value is -3.03. The fraction of sp³-hybridized carbons (Fsp3) is 0.381. The molecule has 2 N–H and O–H groups in total. The molecule has 2 aromatic rings. The van der Waals surface area contributed by atoms with Gasteiger partial charge in [-0.05, 0) is 30.7 Å². The summed E-state index contributed by atoms with van der Waals surface area (Å²) in [6.07, 6.45) is 0.699. The van der Waals surface area contributed by atoms with Crippen LogP contribution in [0.25, 0.3) is 0 Å². The normalized spacial score (nSPS) is 21.2. The van der Waals surface area contributed by atoms with Gasteiger partial charge in [0, 0.05) is 32.2 Å². The van der Waals surface area contributed by atoms with Crippen LogP contribution in [0.2, 0.25) is 0 Å². The first-order valence-electron chi connectivity index (χ1n) is 9.68. The molecule has 0 radical (unpaired) electrons. The van der Waals surface area contributed by atoms with Gasteiger partial charge >= 0.3 is 0 Å². The molecule has 2 aromatic carbocycles. The highest BCUT2D eigenvalue weighted by Gasteiger charge is 2.26. The summed E-state index contributed by atoms with van der Waals surface area (Å²) >= 11 is 0. The lowest BCUT2D eigenvalue weighted by Gasteiger charge is -2.27. The van der Waals surface area contributed by atoms with Crippen LogP contribution in [0.4, 0.5) is 14.5 Å². The third kappa shape index (κ3) is 4.52. The second-order valence-electron chi connectivity index (χ2n) is 7.12. The molecule has 2 heterocycles. The maximum atomic E-state index is 14.0. The molecule has 1 saturated heterocycles. The number of rotatable bonds is 4. The quantitative estimate of drug-likeness (QED) is 0.608. The van der Waals surface area contributed by atoms with E-state index in [0.29, 0.717) is 37.9 Å². The van der Waals surface area contributed by atoms with Crippen molar-refractivity contribution >= 4 is 11.6 Å². The second kappa shape index (κ2) is 8.55. The van der Waals surface area contributed by atoms with Crippen molar-refractivity contribution in [3.8, 4) is 11.5 Å². The van der Waals surface area contributed by atoms with Crippen LogP contribution in [0.1, 0.15) is 6.42 Å². The molecular formula is C21H24F2N4O2. The summed E-state index contributed by atoms with van der Waals surface area (Å²) in [5.41, 5.74) is 0.421. The topological polar surface area (TPSA) is 58.1 Å². The van der Waals surface area contributed by atoms with Crippen molar-refractivity contribution in [2.75, 3.05) is 38.2 Å². The molecule has 8 heteroatoms. The van der Waals surface area contributed by atoms with E-state index in [1.54, 1.807) is 7.05 Å². The van der Waals surface area contributed by atoms with Crippen LogP contribution < -0.4 is 25.0 Å². The predicted octanol–water partition coefficient (Wildman–Crippen LogP) is 2.55. The van der Waals surface area contributed by atoms with Gasteiger partial charge in [0.2, 0.25) is 0 Å². The van der Waals surface area contributed by atoms with Gasteiger partial charge in [0.05, 0.1) is 12.2 Å². The van der Waals surface area contributed by atoms with Gasteiger partial charge < -0.3 is 25.0 Å². The molecule has 4 rings (SSSR count). The number of halogens is 2. The van der Waals surface area contributed by atoms with E-state index >= 15 is 0 Å². The maximum absolute atomic E-state index is 14.0. The summed E-state index contributed by atoms with van der Waals surface area (Å²) in [5, 5.41) is 6.62. The van der Waals surface area contributed by atoms with Crippen molar-refractivity contribution in [2.45, 2.75) is 18.6 Å². The van der Waals surface area contributed by atoms with Crippen LogP contribution in [-0.2, 0) is 0 Å². The fourth-order valence-corrected chi connectivity index (χ4v) is 3.60. The SMILES string of the molecule is CN=C(NCC1COc2ccccc2O1)NC1CCN(c2ccc(F)cc2F)C1. The van der Waals surface area contributed by atoms with Crippen LogP contribution in [-0.4, -0.2) is 51.4 Å². The Balaban J connectivity index is 1.28. The molecule has 6 nitrogen and oxygen atoms in total. The second-order valence-corrected chi connectivity index (χ2v) is 7.12. The number of anilines is 1. The van der Waals surface area contributed by atoms with E-state index in [9.17, 15) is 8.78 Å². The predicted molar refractivity (Wildman–Crippen MR) is 108 cm³/mol.